The Bertz CT molecular complexity index is 598. The predicted molar refractivity (Wildman–Crippen MR) is 72.7 cm³/mol. The molecule has 0 aliphatic carbocycles. The van der Waals surface area contributed by atoms with Gasteiger partial charge in [-0.25, -0.2) is 13.2 Å². The lowest BCUT2D eigenvalue weighted by atomic mass is 10.0. The molecule has 1 N–H and O–H groups in total. The maximum Gasteiger partial charge on any atom is 0.130 e. The summed E-state index contributed by atoms with van der Waals surface area (Å²) in [6.07, 6.45) is 0. The van der Waals surface area contributed by atoms with Gasteiger partial charge in [0, 0.05) is 23.7 Å². The zero-order chi connectivity index (χ0) is 14.7. The number of benzene rings is 2. The maximum absolute atomic E-state index is 13.7. The quantitative estimate of drug-likeness (QED) is 0.868. The van der Waals surface area contributed by atoms with E-state index >= 15 is 0 Å². The summed E-state index contributed by atoms with van der Waals surface area (Å²) in [7, 11) is 0. The molecule has 0 heterocycles. The summed E-state index contributed by atoms with van der Waals surface area (Å²) in [6, 6.07) is 9.29. The van der Waals surface area contributed by atoms with Gasteiger partial charge in [-0.15, -0.1) is 0 Å². The molecule has 2 aromatic rings. The van der Waals surface area contributed by atoms with Gasteiger partial charge in [-0.2, -0.15) is 0 Å². The number of halogens is 3. The zero-order valence-electron chi connectivity index (χ0n) is 11.3. The van der Waals surface area contributed by atoms with Crippen molar-refractivity contribution in [1.82, 2.24) is 5.32 Å². The normalized spacial score (nSPS) is 14.1. The Morgan fingerprint density at radius 2 is 1.55 bits per heavy atom. The van der Waals surface area contributed by atoms with Crippen LogP contribution in [0.3, 0.4) is 0 Å². The van der Waals surface area contributed by atoms with Gasteiger partial charge in [-0.1, -0.05) is 18.2 Å². The Kier molecular flexibility index (Phi) is 4.45. The highest BCUT2D eigenvalue weighted by Gasteiger charge is 2.15. The molecule has 0 saturated heterocycles. The van der Waals surface area contributed by atoms with Gasteiger partial charge in [0.2, 0.25) is 0 Å². The van der Waals surface area contributed by atoms with Crippen molar-refractivity contribution >= 4 is 0 Å². The van der Waals surface area contributed by atoms with Gasteiger partial charge in [-0.3, -0.25) is 0 Å². The lowest BCUT2D eigenvalue weighted by molar-refractivity contribution is 0.468. The van der Waals surface area contributed by atoms with Crippen molar-refractivity contribution in [3.8, 4) is 0 Å². The fraction of sp³-hybridized carbons (Fsp3) is 0.250. The molecule has 2 rings (SSSR count). The second-order valence-electron chi connectivity index (χ2n) is 4.83. The van der Waals surface area contributed by atoms with Crippen molar-refractivity contribution < 1.29 is 13.2 Å². The summed E-state index contributed by atoms with van der Waals surface area (Å²) in [6.45, 7) is 3.65. The minimum absolute atomic E-state index is 0.148. The van der Waals surface area contributed by atoms with Crippen molar-refractivity contribution in [2.75, 3.05) is 0 Å². The third-order valence-corrected chi connectivity index (χ3v) is 3.28. The Labute approximate surface area is 116 Å². The van der Waals surface area contributed by atoms with Crippen LogP contribution < -0.4 is 5.32 Å². The fourth-order valence-corrected chi connectivity index (χ4v) is 2.19. The second-order valence-corrected chi connectivity index (χ2v) is 4.83. The summed E-state index contributed by atoms with van der Waals surface area (Å²) in [5.41, 5.74) is 1.16. The first-order valence-corrected chi connectivity index (χ1v) is 6.44. The largest absolute Gasteiger partial charge is 0.304 e. The SMILES string of the molecule is CC(NC(C)c1ccc(F)cc1F)c1cccc(F)c1. The molecule has 106 valence electrons. The van der Waals surface area contributed by atoms with E-state index in [-0.39, 0.29) is 17.9 Å². The minimum Gasteiger partial charge on any atom is -0.304 e. The lowest BCUT2D eigenvalue weighted by Crippen LogP contribution is -2.23. The van der Waals surface area contributed by atoms with E-state index in [2.05, 4.69) is 5.32 Å². The highest BCUT2D eigenvalue weighted by Crippen LogP contribution is 2.22. The average Bonchev–Trinajstić information content (AvgIpc) is 2.38. The predicted octanol–water partition coefficient (Wildman–Crippen LogP) is 4.52. The van der Waals surface area contributed by atoms with E-state index in [1.165, 1.54) is 24.3 Å². The van der Waals surface area contributed by atoms with Crippen molar-refractivity contribution in [2.24, 2.45) is 0 Å². The highest BCUT2D eigenvalue weighted by atomic mass is 19.1. The maximum atomic E-state index is 13.7. The first-order valence-electron chi connectivity index (χ1n) is 6.44. The molecule has 2 unspecified atom stereocenters. The van der Waals surface area contributed by atoms with Crippen LogP contribution in [0.2, 0.25) is 0 Å². The van der Waals surface area contributed by atoms with E-state index in [0.29, 0.717) is 5.56 Å². The molecule has 0 bridgehead atoms. The molecular formula is C16H16F3N. The van der Waals surface area contributed by atoms with Crippen LogP contribution in [0.25, 0.3) is 0 Å². The molecule has 2 atom stereocenters. The van der Waals surface area contributed by atoms with Crippen LogP contribution in [0.1, 0.15) is 37.1 Å². The molecule has 0 saturated carbocycles. The molecule has 2 aromatic carbocycles. The molecule has 0 radical (unpaired) electrons. The Hall–Kier alpha value is -1.81. The van der Waals surface area contributed by atoms with E-state index in [0.717, 1.165) is 11.6 Å². The van der Waals surface area contributed by atoms with E-state index in [1.54, 1.807) is 19.1 Å². The van der Waals surface area contributed by atoms with Gasteiger partial charge < -0.3 is 5.32 Å². The molecule has 0 aliphatic heterocycles. The van der Waals surface area contributed by atoms with E-state index in [4.69, 9.17) is 0 Å². The molecule has 20 heavy (non-hydrogen) atoms. The summed E-state index contributed by atoms with van der Waals surface area (Å²) in [5, 5.41) is 3.17. The second kappa shape index (κ2) is 6.09. The smallest absolute Gasteiger partial charge is 0.130 e. The molecule has 0 fully saturated rings. The Morgan fingerprint density at radius 1 is 0.850 bits per heavy atom. The summed E-state index contributed by atoms with van der Waals surface area (Å²) < 4.78 is 39.7. The van der Waals surface area contributed by atoms with Crippen molar-refractivity contribution in [3.63, 3.8) is 0 Å². The Morgan fingerprint density at radius 3 is 2.20 bits per heavy atom. The monoisotopic (exact) mass is 279 g/mol. The fourth-order valence-electron chi connectivity index (χ4n) is 2.19. The van der Waals surface area contributed by atoms with Crippen LogP contribution in [0.15, 0.2) is 42.5 Å². The first-order chi connectivity index (χ1) is 9.47. The third-order valence-electron chi connectivity index (χ3n) is 3.28. The zero-order valence-corrected chi connectivity index (χ0v) is 11.3. The molecule has 4 heteroatoms. The number of rotatable bonds is 4. The molecule has 0 aromatic heterocycles. The van der Waals surface area contributed by atoms with Crippen molar-refractivity contribution in [3.05, 3.63) is 71.0 Å². The number of hydrogen-bond acceptors (Lipinski definition) is 1. The molecule has 0 spiro atoms. The van der Waals surface area contributed by atoms with Crippen molar-refractivity contribution in [1.29, 1.82) is 0 Å². The molecule has 0 aliphatic rings. The topological polar surface area (TPSA) is 12.0 Å². The van der Waals surface area contributed by atoms with Gasteiger partial charge in [-0.05, 0) is 37.6 Å². The standard InChI is InChI=1S/C16H16F3N/c1-10(12-4-3-5-13(17)8-12)20-11(2)15-7-6-14(18)9-16(15)19/h3-11,20H,1-2H3. The van der Waals surface area contributed by atoms with E-state index < -0.39 is 11.6 Å². The summed E-state index contributed by atoms with van der Waals surface area (Å²) in [5.74, 6) is -1.50. The molecule has 1 nitrogen and oxygen atoms in total. The van der Waals surface area contributed by atoms with Crippen LogP contribution in [0.4, 0.5) is 13.2 Å². The van der Waals surface area contributed by atoms with Crippen LogP contribution in [-0.2, 0) is 0 Å². The molecular weight excluding hydrogens is 263 g/mol. The number of nitrogens with one attached hydrogen (secondary N) is 1. The van der Waals surface area contributed by atoms with Crippen LogP contribution in [0, 0.1) is 17.5 Å². The summed E-state index contributed by atoms with van der Waals surface area (Å²) >= 11 is 0. The van der Waals surface area contributed by atoms with E-state index in [9.17, 15) is 13.2 Å². The van der Waals surface area contributed by atoms with E-state index in [1.807, 2.05) is 6.92 Å². The van der Waals surface area contributed by atoms with Crippen molar-refractivity contribution in [2.45, 2.75) is 25.9 Å². The average molecular weight is 279 g/mol. The Balaban J connectivity index is 2.12. The first kappa shape index (κ1) is 14.6. The molecule has 0 amide bonds. The van der Waals surface area contributed by atoms with Gasteiger partial charge >= 0.3 is 0 Å². The van der Waals surface area contributed by atoms with Gasteiger partial charge in [0.05, 0.1) is 0 Å². The van der Waals surface area contributed by atoms with Gasteiger partial charge in [0.25, 0.3) is 0 Å². The highest BCUT2D eigenvalue weighted by molar-refractivity contribution is 5.24. The summed E-state index contributed by atoms with van der Waals surface area (Å²) in [4.78, 5) is 0. The number of hydrogen-bond donors (Lipinski definition) is 1. The van der Waals surface area contributed by atoms with Crippen LogP contribution >= 0.6 is 0 Å². The lowest BCUT2D eigenvalue weighted by Gasteiger charge is -2.21. The third kappa shape index (κ3) is 3.39. The van der Waals surface area contributed by atoms with Gasteiger partial charge in [0.15, 0.2) is 0 Å². The van der Waals surface area contributed by atoms with Gasteiger partial charge in [0.1, 0.15) is 17.5 Å². The van der Waals surface area contributed by atoms with Crippen LogP contribution in [-0.4, -0.2) is 0 Å². The van der Waals surface area contributed by atoms with Crippen LogP contribution in [0.5, 0.6) is 0 Å². The minimum atomic E-state index is -0.600.